The van der Waals surface area contributed by atoms with Crippen molar-refractivity contribution in [3.05, 3.63) is 45.7 Å². The Morgan fingerprint density at radius 2 is 1.96 bits per heavy atom. The van der Waals surface area contributed by atoms with E-state index in [4.69, 9.17) is 0 Å². The molecule has 0 aliphatic heterocycles. The van der Waals surface area contributed by atoms with Crippen LogP contribution in [0, 0.1) is 17.5 Å². The van der Waals surface area contributed by atoms with Crippen molar-refractivity contribution in [1.82, 2.24) is 15.6 Å². The summed E-state index contributed by atoms with van der Waals surface area (Å²) in [5.41, 5.74) is 0.570. The van der Waals surface area contributed by atoms with Gasteiger partial charge in [0.15, 0.2) is 23.4 Å². The summed E-state index contributed by atoms with van der Waals surface area (Å²) in [6, 6.07) is 1.69. The van der Waals surface area contributed by atoms with E-state index in [9.17, 15) is 18.0 Å². The Morgan fingerprint density at radius 3 is 2.59 bits per heavy atom. The van der Waals surface area contributed by atoms with Crippen molar-refractivity contribution in [3.8, 4) is 0 Å². The molecule has 1 amide bonds. The fourth-order valence-electron chi connectivity index (χ4n) is 2.03. The molecule has 0 aliphatic carbocycles. The van der Waals surface area contributed by atoms with Crippen molar-refractivity contribution in [2.75, 3.05) is 18.9 Å². The van der Waals surface area contributed by atoms with Gasteiger partial charge in [-0.2, -0.15) is 0 Å². The van der Waals surface area contributed by atoms with E-state index in [0.717, 1.165) is 22.8 Å². The van der Waals surface area contributed by atoms with Gasteiger partial charge in [0.25, 0.3) is 0 Å². The third kappa shape index (κ3) is 5.68. The lowest BCUT2D eigenvalue weighted by molar-refractivity contribution is -0.115. The molecule has 0 atom stereocenters. The fourth-order valence-corrected chi connectivity index (χ4v) is 2.93. The number of anilines is 1. The monoisotopic (exact) mass is 399 g/mol. The van der Waals surface area contributed by atoms with Gasteiger partial charge in [-0.1, -0.05) is 13.8 Å². The van der Waals surface area contributed by atoms with Crippen molar-refractivity contribution in [2.45, 2.75) is 26.3 Å². The number of nitrogens with one attached hydrogen (secondary N) is 3. The molecule has 0 aliphatic rings. The standard InChI is InChI=1S/C17H20F3N5OS/c1-9(2)12-8-27-14(25-12)7-23-17(21-3)22-6-13(26)24-11-5-4-10(18)15(19)16(11)20/h4-5,8-9H,6-7H2,1-3H3,(H,24,26)(H2,21,22,23). The maximum absolute atomic E-state index is 13.6. The molecule has 0 saturated heterocycles. The number of aromatic nitrogens is 1. The molecule has 0 fully saturated rings. The lowest BCUT2D eigenvalue weighted by Crippen LogP contribution is -2.41. The highest BCUT2D eigenvalue weighted by Crippen LogP contribution is 2.19. The smallest absolute Gasteiger partial charge is 0.243 e. The largest absolute Gasteiger partial charge is 0.350 e. The molecule has 0 saturated carbocycles. The van der Waals surface area contributed by atoms with Gasteiger partial charge >= 0.3 is 0 Å². The zero-order valence-corrected chi connectivity index (χ0v) is 15.9. The first kappa shape index (κ1) is 20.7. The van der Waals surface area contributed by atoms with Gasteiger partial charge in [-0.15, -0.1) is 11.3 Å². The quantitative estimate of drug-likeness (QED) is 0.396. The summed E-state index contributed by atoms with van der Waals surface area (Å²) in [6.45, 7) is 4.30. The number of thiazole rings is 1. The predicted octanol–water partition coefficient (Wildman–Crippen LogP) is 2.99. The number of aliphatic imine (C=N–C) groups is 1. The number of halogens is 3. The Kier molecular flexibility index (Phi) is 7.17. The first-order chi connectivity index (χ1) is 12.8. The van der Waals surface area contributed by atoms with Gasteiger partial charge in [-0.05, 0) is 18.1 Å². The van der Waals surface area contributed by atoms with Crippen LogP contribution in [0.25, 0.3) is 0 Å². The van der Waals surface area contributed by atoms with Crippen molar-refractivity contribution < 1.29 is 18.0 Å². The highest BCUT2D eigenvalue weighted by atomic mass is 32.1. The van der Waals surface area contributed by atoms with E-state index in [0.29, 0.717) is 18.4 Å². The van der Waals surface area contributed by atoms with E-state index in [1.165, 1.54) is 18.4 Å². The number of guanidine groups is 1. The maximum atomic E-state index is 13.6. The highest BCUT2D eigenvalue weighted by Gasteiger charge is 2.15. The van der Waals surface area contributed by atoms with E-state index in [1.807, 2.05) is 5.38 Å². The van der Waals surface area contributed by atoms with Crippen molar-refractivity contribution in [1.29, 1.82) is 0 Å². The second-order valence-electron chi connectivity index (χ2n) is 5.87. The summed E-state index contributed by atoms with van der Waals surface area (Å²) in [7, 11) is 1.53. The topological polar surface area (TPSA) is 78.4 Å². The average Bonchev–Trinajstić information content (AvgIpc) is 3.12. The summed E-state index contributed by atoms with van der Waals surface area (Å²) in [5.74, 6) is -4.36. The van der Waals surface area contributed by atoms with Crippen molar-refractivity contribution in [3.63, 3.8) is 0 Å². The number of hydrogen-bond donors (Lipinski definition) is 3. The first-order valence-corrected chi connectivity index (χ1v) is 9.02. The normalized spacial score (nSPS) is 11.6. The zero-order valence-electron chi connectivity index (χ0n) is 15.1. The number of rotatable bonds is 6. The minimum atomic E-state index is -1.64. The molecule has 1 aromatic carbocycles. The molecule has 1 heterocycles. The lowest BCUT2D eigenvalue weighted by atomic mass is 10.2. The number of carbonyl (C=O) groups is 1. The van der Waals surface area contributed by atoms with Gasteiger partial charge in [-0.3, -0.25) is 9.79 Å². The second kappa shape index (κ2) is 9.36. The van der Waals surface area contributed by atoms with Gasteiger partial charge in [0.1, 0.15) is 5.01 Å². The van der Waals surface area contributed by atoms with Crippen LogP contribution in [0.2, 0.25) is 0 Å². The first-order valence-electron chi connectivity index (χ1n) is 8.14. The van der Waals surface area contributed by atoms with Crippen LogP contribution >= 0.6 is 11.3 Å². The molecular formula is C17H20F3N5OS. The Hall–Kier alpha value is -2.62. The molecule has 6 nitrogen and oxygen atoms in total. The Bertz CT molecular complexity index is 838. The lowest BCUT2D eigenvalue weighted by Gasteiger charge is -2.11. The predicted molar refractivity (Wildman–Crippen MR) is 99.4 cm³/mol. The van der Waals surface area contributed by atoms with E-state index >= 15 is 0 Å². The Labute approximate surface area is 158 Å². The maximum Gasteiger partial charge on any atom is 0.243 e. The molecule has 27 heavy (non-hydrogen) atoms. The van der Waals surface area contributed by atoms with Crippen LogP contribution < -0.4 is 16.0 Å². The zero-order chi connectivity index (χ0) is 20.0. The number of amides is 1. The van der Waals surface area contributed by atoms with Gasteiger partial charge in [0.2, 0.25) is 5.91 Å². The molecule has 0 radical (unpaired) electrons. The second-order valence-corrected chi connectivity index (χ2v) is 6.81. The summed E-state index contributed by atoms with van der Waals surface area (Å²) in [4.78, 5) is 20.3. The number of hydrogen-bond acceptors (Lipinski definition) is 4. The molecule has 0 unspecified atom stereocenters. The molecule has 0 bridgehead atoms. The number of nitrogens with zero attached hydrogens (tertiary/aromatic N) is 2. The molecule has 1 aromatic heterocycles. The summed E-state index contributed by atoms with van der Waals surface area (Å²) >= 11 is 1.52. The molecule has 2 rings (SSSR count). The van der Waals surface area contributed by atoms with Crippen LogP contribution in [0.4, 0.5) is 18.9 Å². The van der Waals surface area contributed by atoms with Crippen LogP contribution in [-0.4, -0.2) is 30.4 Å². The molecule has 2 aromatic rings. The van der Waals surface area contributed by atoms with E-state index in [-0.39, 0.29) is 6.54 Å². The minimum absolute atomic E-state index is 0.243. The molecule has 0 spiro atoms. The summed E-state index contributed by atoms with van der Waals surface area (Å²) in [5, 5.41) is 10.8. The molecule has 146 valence electrons. The van der Waals surface area contributed by atoms with E-state index < -0.39 is 29.0 Å². The van der Waals surface area contributed by atoms with Crippen LogP contribution in [-0.2, 0) is 11.3 Å². The third-order valence-electron chi connectivity index (χ3n) is 3.52. The highest BCUT2D eigenvalue weighted by molar-refractivity contribution is 7.09. The van der Waals surface area contributed by atoms with Crippen LogP contribution in [0.1, 0.15) is 30.5 Å². The van der Waals surface area contributed by atoms with E-state index in [2.05, 4.69) is 39.8 Å². The van der Waals surface area contributed by atoms with Crippen LogP contribution in [0.5, 0.6) is 0 Å². The molecular weight excluding hydrogens is 379 g/mol. The van der Waals surface area contributed by atoms with Gasteiger partial charge < -0.3 is 16.0 Å². The van der Waals surface area contributed by atoms with Crippen molar-refractivity contribution >= 4 is 28.9 Å². The summed E-state index contributed by atoms with van der Waals surface area (Å²) < 4.78 is 39.6. The minimum Gasteiger partial charge on any atom is -0.350 e. The van der Waals surface area contributed by atoms with E-state index in [1.54, 1.807) is 0 Å². The summed E-state index contributed by atoms with van der Waals surface area (Å²) in [6.07, 6.45) is 0. The third-order valence-corrected chi connectivity index (χ3v) is 4.38. The fraction of sp³-hybridized carbons (Fsp3) is 0.353. The molecule has 3 N–H and O–H groups in total. The number of carbonyl (C=O) groups excluding carboxylic acids is 1. The number of benzene rings is 1. The SMILES string of the molecule is CN=C(NCC(=O)Nc1ccc(F)c(F)c1F)NCc1nc(C(C)C)cs1. The van der Waals surface area contributed by atoms with Gasteiger partial charge in [-0.25, -0.2) is 18.2 Å². The van der Waals surface area contributed by atoms with Gasteiger partial charge in [0, 0.05) is 12.4 Å². The Morgan fingerprint density at radius 1 is 1.22 bits per heavy atom. The van der Waals surface area contributed by atoms with Crippen LogP contribution in [0.15, 0.2) is 22.5 Å². The van der Waals surface area contributed by atoms with Crippen molar-refractivity contribution in [2.24, 2.45) is 4.99 Å². The Balaban J connectivity index is 1.84. The van der Waals surface area contributed by atoms with Gasteiger partial charge in [0.05, 0.1) is 24.5 Å². The average molecular weight is 399 g/mol. The van der Waals surface area contributed by atoms with Crippen LogP contribution in [0.3, 0.4) is 0 Å². The molecule has 10 heteroatoms.